The number of H-pyrrole nitrogens is 1. The maximum Gasteiger partial charge on any atom is 0.138 e. The van der Waals surface area contributed by atoms with Crippen molar-refractivity contribution in [3.8, 4) is 34.5 Å². The van der Waals surface area contributed by atoms with Crippen LogP contribution in [0.4, 0.5) is 5.82 Å². The number of pyridine rings is 2. The van der Waals surface area contributed by atoms with Gasteiger partial charge in [-0.05, 0) is 24.6 Å². The van der Waals surface area contributed by atoms with Crippen molar-refractivity contribution in [3.63, 3.8) is 0 Å². The van der Waals surface area contributed by atoms with Crippen molar-refractivity contribution in [1.29, 1.82) is 10.5 Å². The van der Waals surface area contributed by atoms with Gasteiger partial charge >= 0.3 is 0 Å². The van der Waals surface area contributed by atoms with E-state index in [4.69, 9.17) is 4.98 Å². The third kappa shape index (κ3) is 3.13. The Morgan fingerprint density at radius 2 is 2.03 bits per heavy atom. The number of piperidine rings is 1. The minimum atomic E-state index is 0.0409. The average molecular weight is 435 g/mol. The lowest BCUT2D eigenvalue weighted by molar-refractivity contribution is 0.229. The smallest absolute Gasteiger partial charge is 0.138 e. The van der Waals surface area contributed by atoms with Crippen LogP contribution in [0, 0.1) is 28.6 Å². The molecule has 33 heavy (non-hydrogen) atoms. The molecule has 0 bridgehead atoms. The van der Waals surface area contributed by atoms with E-state index in [-0.39, 0.29) is 5.92 Å². The first-order valence-electron chi connectivity index (χ1n) is 10.9. The van der Waals surface area contributed by atoms with Gasteiger partial charge in [0.1, 0.15) is 17.5 Å². The van der Waals surface area contributed by atoms with Gasteiger partial charge in [0.25, 0.3) is 0 Å². The summed E-state index contributed by atoms with van der Waals surface area (Å²) < 4.78 is 1.75. The van der Waals surface area contributed by atoms with Gasteiger partial charge in [-0.2, -0.15) is 15.6 Å². The molecule has 2 aliphatic rings. The number of anilines is 1. The molecule has 0 saturated carbocycles. The van der Waals surface area contributed by atoms with Crippen LogP contribution in [-0.4, -0.2) is 49.9 Å². The highest BCUT2D eigenvalue weighted by atomic mass is 15.3. The van der Waals surface area contributed by atoms with Gasteiger partial charge < -0.3 is 15.2 Å². The number of nitrogens with one attached hydrogen (secondary N) is 2. The molecule has 9 heteroatoms. The summed E-state index contributed by atoms with van der Waals surface area (Å²) in [4.78, 5) is 14.8. The minimum Gasteiger partial charge on any atom is -0.350 e. The van der Waals surface area contributed by atoms with E-state index in [9.17, 15) is 10.5 Å². The summed E-state index contributed by atoms with van der Waals surface area (Å²) in [5.74, 6) is 0.938. The SMILES string of the molecule is Cn1cc(-c2cc3c(-c4ccc(N5C[C@@H]6NC[C@@H](C#N)C[C@@H]65)nc4)c(C#N)cnc3[nH]2)cn1. The Balaban J connectivity index is 1.35. The summed E-state index contributed by atoms with van der Waals surface area (Å²) in [5.41, 5.74) is 4.76. The van der Waals surface area contributed by atoms with Gasteiger partial charge in [0.15, 0.2) is 0 Å². The maximum absolute atomic E-state index is 9.76. The Morgan fingerprint density at radius 3 is 2.76 bits per heavy atom. The number of nitriles is 2. The molecular formula is C24H21N9. The zero-order valence-electron chi connectivity index (χ0n) is 18.0. The van der Waals surface area contributed by atoms with Crippen molar-refractivity contribution in [2.45, 2.75) is 18.5 Å². The number of aromatic nitrogens is 5. The zero-order valence-corrected chi connectivity index (χ0v) is 18.0. The van der Waals surface area contributed by atoms with E-state index in [2.05, 4.69) is 37.4 Å². The molecule has 4 aromatic heterocycles. The van der Waals surface area contributed by atoms with Crippen molar-refractivity contribution in [2.75, 3.05) is 18.0 Å². The summed E-state index contributed by atoms with van der Waals surface area (Å²) in [6, 6.07) is 11.4. The number of nitrogens with zero attached hydrogens (tertiary/aromatic N) is 7. The van der Waals surface area contributed by atoms with Gasteiger partial charge in [-0.1, -0.05) is 0 Å². The predicted octanol–water partition coefficient (Wildman–Crippen LogP) is 2.59. The monoisotopic (exact) mass is 435 g/mol. The van der Waals surface area contributed by atoms with E-state index in [1.165, 1.54) is 0 Å². The van der Waals surface area contributed by atoms with Crippen LogP contribution in [0.2, 0.25) is 0 Å². The molecule has 0 unspecified atom stereocenters. The third-order valence-corrected chi connectivity index (χ3v) is 6.72. The first kappa shape index (κ1) is 19.5. The second kappa shape index (κ2) is 7.44. The van der Waals surface area contributed by atoms with Crippen molar-refractivity contribution in [1.82, 2.24) is 30.0 Å². The fourth-order valence-electron chi connectivity index (χ4n) is 4.96. The van der Waals surface area contributed by atoms with E-state index in [0.29, 0.717) is 23.3 Å². The summed E-state index contributed by atoms with van der Waals surface area (Å²) in [6.45, 7) is 1.66. The molecule has 4 aromatic rings. The Morgan fingerprint density at radius 1 is 1.12 bits per heavy atom. The Labute approximate surface area is 190 Å². The van der Waals surface area contributed by atoms with E-state index in [1.54, 1.807) is 17.1 Å². The largest absolute Gasteiger partial charge is 0.350 e. The molecule has 0 amide bonds. The van der Waals surface area contributed by atoms with E-state index in [0.717, 1.165) is 53.1 Å². The molecule has 3 atom stereocenters. The number of aromatic amines is 1. The quantitative estimate of drug-likeness (QED) is 0.507. The second-order valence-corrected chi connectivity index (χ2v) is 8.71. The highest BCUT2D eigenvalue weighted by molar-refractivity contribution is 5.98. The first-order valence-corrected chi connectivity index (χ1v) is 10.9. The Bertz CT molecular complexity index is 1430. The number of hydrogen-bond acceptors (Lipinski definition) is 7. The molecular weight excluding hydrogens is 414 g/mol. The number of rotatable bonds is 3. The standard InChI is InChI=1S/C24H21N9/c1-32-12-17(11-30-32)19-5-18-23(16(7-26)10-29-24(18)31-19)15-2-3-22(28-9-15)33-13-20-21(33)4-14(6-25)8-27-20/h2-3,5,9-12,14,20-21,27H,4,8,13H2,1H3,(H,29,31)/t14-,20+,21+/m1/s1. The summed E-state index contributed by atoms with van der Waals surface area (Å²) in [5, 5.41) is 27.6. The molecule has 6 heterocycles. The maximum atomic E-state index is 9.76. The van der Waals surface area contributed by atoms with Crippen LogP contribution in [0.5, 0.6) is 0 Å². The summed E-state index contributed by atoms with van der Waals surface area (Å²) in [6.07, 6.45) is 8.02. The lowest BCUT2D eigenvalue weighted by Gasteiger charge is -2.52. The normalized spacial score (nSPS) is 21.8. The summed E-state index contributed by atoms with van der Waals surface area (Å²) >= 11 is 0. The fraction of sp³-hybridized carbons (Fsp3) is 0.292. The minimum absolute atomic E-state index is 0.0409. The molecule has 9 nitrogen and oxygen atoms in total. The topological polar surface area (TPSA) is 122 Å². The highest BCUT2D eigenvalue weighted by Crippen LogP contribution is 2.36. The van der Waals surface area contributed by atoms with Gasteiger partial charge in [-0.15, -0.1) is 0 Å². The molecule has 2 aliphatic heterocycles. The molecule has 0 radical (unpaired) electrons. The predicted molar refractivity (Wildman–Crippen MR) is 123 cm³/mol. The zero-order chi connectivity index (χ0) is 22.5. The second-order valence-electron chi connectivity index (χ2n) is 8.71. The van der Waals surface area contributed by atoms with Crippen molar-refractivity contribution in [3.05, 3.63) is 48.5 Å². The van der Waals surface area contributed by atoms with Gasteiger partial charge in [0.05, 0.1) is 29.4 Å². The first-order chi connectivity index (χ1) is 16.1. The molecule has 2 saturated heterocycles. The molecule has 162 valence electrons. The van der Waals surface area contributed by atoms with E-state index >= 15 is 0 Å². The highest BCUT2D eigenvalue weighted by Gasteiger charge is 2.43. The number of hydrogen-bond donors (Lipinski definition) is 2. The van der Waals surface area contributed by atoms with Gasteiger partial charge in [0.2, 0.25) is 0 Å². The summed E-state index contributed by atoms with van der Waals surface area (Å²) in [7, 11) is 1.88. The fourth-order valence-corrected chi connectivity index (χ4v) is 4.96. The lowest BCUT2D eigenvalue weighted by Crippen LogP contribution is -2.69. The number of fused-ring (bicyclic) bond motifs is 2. The van der Waals surface area contributed by atoms with Crippen LogP contribution in [0.1, 0.15) is 12.0 Å². The van der Waals surface area contributed by atoms with Gasteiger partial charge in [-0.25, -0.2) is 9.97 Å². The van der Waals surface area contributed by atoms with Crippen LogP contribution in [0.25, 0.3) is 33.4 Å². The van der Waals surface area contributed by atoms with Crippen LogP contribution in [0.3, 0.4) is 0 Å². The Kier molecular flexibility index (Phi) is 4.39. The van der Waals surface area contributed by atoms with Gasteiger partial charge in [0, 0.05) is 72.9 Å². The molecule has 0 spiro atoms. The third-order valence-electron chi connectivity index (χ3n) is 6.72. The average Bonchev–Trinajstić information content (AvgIpc) is 3.46. The van der Waals surface area contributed by atoms with E-state index in [1.807, 2.05) is 37.6 Å². The van der Waals surface area contributed by atoms with Crippen LogP contribution in [-0.2, 0) is 7.05 Å². The number of aryl methyl sites for hydroxylation is 1. The van der Waals surface area contributed by atoms with Crippen LogP contribution < -0.4 is 10.2 Å². The van der Waals surface area contributed by atoms with Crippen molar-refractivity contribution >= 4 is 16.9 Å². The van der Waals surface area contributed by atoms with Crippen molar-refractivity contribution < 1.29 is 0 Å². The lowest BCUT2D eigenvalue weighted by atomic mass is 9.83. The van der Waals surface area contributed by atoms with Crippen LogP contribution >= 0.6 is 0 Å². The molecule has 0 aromatic carbocycles. The van der Waals surface area contributed by atoms with Crippen molar-refractivity contribution in [2.24, 2.45) is 13.0 Å². The molecule has 6 rings (SSSR count). The molecule has 2 fully saturated rings. The molecule has 0 aliphatic carbocycles. The van der Waals surface area contributed by atoms with Crippen LogP contribution in [0.15, 0.2) is 43.0 Å². The molecule has 2 N–H and O–H groups in total. The van der Waals surface area contributed by atoms with E-state index < -0.39 is 0 Å². The Hall–Kier alpha value is -4.21. The van der Waals surface area contributed by atoms with Gasteiger partial charge in [-0.3, -0.25) is 4.68 Å².